The molecule has 5 heteroatoms. The van der Waals surface area contributed by atoms with Gasteiger partial charge in [0.1, 0.15) is 0 Å². The summed E-state index contributed by atoms with van der Waals surface area (Å²) in [7, 11) is 0. The lowest BCUT2D eigenvalue weighted by Gasteiger charge is -1.72. The van der Waals surface area contributed by atoms with Crippen LogP contribution in [0.1, 0.15) is 12.8 Å². The van der Waals surface area contributed by atoms with Gasteiger partial charge in [-0.3, -0.25) is 4.79 Å². The van der Waals surface area contributed by atoms with Gasteiger partial charge in [0, 0.05) is 5.92 Å². The molecule has 4 nitrogen and oxygen atoms in total. The summed E-state index contributed by atoms with van der Waals surface area (Å²) in [5.74, 6) is 0.228. The van der Waals surface area contributed by atoms with Crippen LogP contribution in [0.3, 0.4) is 0 Å². The van der Waals surface area contributed by atoms with Crippen LogP contribution in [0.4, 0.5) is 4.79 Å². The molecule has 0 aromatic carbocycles. The molecule has 0 aromatic heterocycles. The van der Waals surface area contributed by atoms with Gasteiger partial charge in [0.2, 0.25) is 5.24 Å². The zero-order valence-corrected chi connectivity index (χ0v) is 5.84. The standard InChI is InChI=1S/C4H5ClO.CH2O3/c5-4(6)3-1-2-3;2-1(3)4/h3H,1-2H2;(H2,2,3,4). The zero-order valence-electron chi connectivity index (χ0n) is 5.08. The van der Waals surface area contributed by atoms with E-state index in [0.29, 0.717) is 0 Å². The van der Waals surface area contributed by atoms with Gasteiger partial charge in [0.25, 0.3) is 0 Å². The highest BCUT2D eigenvalue weighted by Crippen LogP contribution is 2.30. The molecular weight excluding hydrogens is 160 g/mol. The molecule has 1 aliphatic carbocycles. The van der Waals surface area contributed by atoms with Crippen LogP contribution in [0.5, 0.6) is 0 Å². The number of rotatable bonds is 1. The first kappa shape index (κ1) is 9.23. The molecule has 58 valence electrons. The highest BCUT2D eigenvalue weighted by atomic mass is 35.5. The van der Waals surface area contributed by atoms with E-state index in [2.05, 4.69) is 0 Å². The third kappa shape index (κ3) is 7.23. The molecule has 0 unspecified atom stereocenters. The molecule has 1 aliphatic rings. The molecule has 0 aliphatic heterocycles. The fourth-order valence-electron chi connectivity index (χ4n) is 0.310. The first-order valence-electron chi connectivity index (χ1n) is 2.65. The second kappa shape index (κ2) is 4.11. The molecule has 10 heavy (non-hydrogen) atoms. The Bertz CT molecular complexity index is 137. The lowest BCUT2D eigenvalue weighted by molar-refractivity contribution is -0.112. The molecule has 0 aromatic rings. The van der Waals surface area contributed by atoms with Crippen molar-refractivity contribution in [3.8, 4) is 0 Å². The van der Waals surface area contributed by atoms with Crippen LogP contribution in [0.25, 0.3) is 0 Å². The first-order chi connectivity index (χ1) is 4.54. The van der Waals surface area contributed by atoms with Gasteiger partial charge >= 0.3 is 6.16 Å². The number of carboxylic acid groups (broad SMARTS) is 2. The van der Waals surface area contributed by atoms with Gasteiger partial charge in [-0.2, -0.15) is 0 Å². The third-order valence-corrected chi connectivity index (χ3v) is 1.21. The van der Waals surface area contributed by atoms with Gasteiger partial charge in [-0.1, -0.05) is 0 Å². The molecule has 0 spiro atoms. The van der Waals surface area contributed by atoms with E-state index in [9.17, 15) is 4.79 Å². The Morgan fingerprint density at radius 2 is 1.60 bits per heavy atom. The smallest absolute Gasteiger partial charge is 0.450 e. The van der Waals surface area contributed by atoms with Gasteiger partial charge in [-0.05, 0) is 24.4 Å². The summed E-state index contributed by atoms with van der Waals surface area (Å²) >= 11 is 5.04. The van der Waals surface area contributed by atoms with E-state index < -0.39 is 6.16 Å². The fourth-order valence-corrected chi connectivity index (χ4v) is 0.529. The summed E-state index contributed by atoms with van der Waals surface area (Å²) in [4.78, 5) is 18.5. The van der Waals surface area contributed by atoms with Crippen molar-refractivity contribution in [1.29, 1.82) is 0 Å². The van der Waals surface area contributed by atoms with Crippen molar-refractivity contribution in [2.24, 2.45) is 5.92 Å². The Morgan fingerprint density at radius 1 is 1.30 bits per heavy atom. The first-order valence-corrected chi connectivity index (χ1v) is 3.03. The van der Waals surface area contributed by atoms with Gasteiger partial charge in [0.15, 0.2) is 0 Å². The Kier molecular flexibility index (Phi) is 3.79. The van der Waals surface area contributed by atoms with Crippen LogP contribution >= 0.6 is 11.6 Å². The zero-order chi connectivity index (χ0) is 8.15. The number of hydrogen-bond acceptors (Lipinski definition) is 2. The summed E-state index contributed by atoms with van der Waals surface area (Å²) in [5.41, 5.74) is 0. The predicted molar refractivity (Wildman–Crippen MR) is 34.2 cm³/mol. The largest absolute Gasteiger partial charge is 0.503 e. The molecule has 0 bridgehead atoms. The molecule has 1 rings (SSSR count). The number of hydrogen-bond donors (Lipinski definition) is 2. The molecule has 0 atom stereocenters. The fraction of sp³-hybridized carbons (Fsp3) is 0.600. The summed E-state index contributed by atoms with van der Waals surface area (Å²) in [5, 5.41) is 13.8. The molecule has 0 saturated heterocycles. The molecule has 0 radical (unpaired) electrons. The Labute approximate surface area is 62.4 Å². The lowest BCUT2D eigenvalue weighted by atomic mass is 10.5. The van der Waals surface area contributed by atoms with Crippen molar-refractivity contribution in [2.75, 3.05) is 0 Å². The minimum absolute atomic E-state index is 0.157. The van der Waals surface area contributed by atoms with E-state index in [4.69, 9.17) is 26.6 Å². The van der Waals surface area contributed by atoms with Crippen molar-refractivity contribution in [3.05, 3.63) is 0 Å². The lowest BCUT2D eigenvalue weighted by Crippen LogP contribution is -1.83. The van der Waals surface area contributed by atoms with Crippen LogP contribution in [-0.2, 0) is 4.79 Å². The van der Waals surface area contributed by atoms with Crippen molar-refractivity contribution < 1.29 is 19.8 Å². The molecule has 2 N–H and O–H groups in total. The normalized spacial score (nSPS) is 14.9. The second-order valence-electron chi connectivity index (χ2n) is 1.86. The van der Waals surface area contributed by atoms with Gasteiger partial charge in [-0.15, -0.1) is 0 Å². The monoisotopic (exact) mass is 166 g/mol. The highest BCUT2D eigenvalue weighted by Gasteiger charge is 2.27. The van der Waals surface area contributed by atoms with E-state index in [0.717, 1.165) is 12.8 Å². The molecule has 0 amide bonds. The van der Waals surface area contributed by atoms with Crippen molar-refractivity contribution in [1.82, 2.24) is 0 Å². The van der Waals surface area contributed by atoms with Crippen molar-refractivity contribution in [2.45, 2.75) is 12.8 Å². The van der Waals surface area contributed by atoms with Crippen molar-refractivity contribution >= 4 is 23.0 Å². The number of carbonyl (C=O) groups excluding carboxylic acids is 1. The minimum atomic E-state index is -1.83. The second-order valence-corrected chi connectivity index (χ2v) is 2.23. The van der Waals surface area contributed by atoms with Crippen LogP contribution in [-0.4, -0.2) is 21.6 Å². The third-order valence-electron chi connectivity index (χ3n) is 0.898. The Balaban J connectivity index is 0.000000180. The topological polar surface area (TPSA) is 74.6 Å². The average Bonchev–Trinajstić information content (AvgIpc) is 2.38. The van der Waals surface area contributed by atoms with E-state index in [-0.39, 0.29) is 11.2 Å². The van der Waals surface area contributed by atoms with Crippen LogP contribution in [0, 0.1) is 5.92 Å². The maximum atomic E-state index is 9.97. The minimum Gasteiger partial charge on any atom is -0.450 e. The molecule has 0 heterocycles. The molecular formula is C5H7ClO4. The van der Waals surface area contributed by atoms with Gasteiger partial charge in [-0.25, -0.2) is 4.79 Å². The summed E-state index contributed by atoms with van der Waals surface area (Å²) in [6.07, 6.45) is 0.199. The maximum absolute atomic E-state index is 9.97. The van der Waals surface area contributed by atoms with Crippen LogP contribution in [0.15, 0.2) is 0 Å². The maximum Gasteiger partial charge on any atom is 0.503 e. The van der Waals surface area contributed by atoms with Crippen LogP contribution < -0.4 is 0 Å². The summed E-state index contributed by atoms with van der Waals surface area (Å²) < 4.78 is 0. The molecule has 1 fully saturated rings. The van der Waals surface area contributed by atoms with E-state index in [1.165, 1.54) is 0 Å². The Hall–Kier alpha value is -0.770. The number of halogens is 1. The highest BCUT2D eigenvalue weighted by molar-refractivity contribution is 6.64. The molecule has 1 saturated carbocycles. The van der Waals surface area contributed by atoms with Crippen molar-refractivity contribution in [3.63, 3.8) is 0 Å². The van der Waals surface area contributed by atoms with Crippen LogP contribution in [0.2, 0.25) is 0 Å². The SMILES string of the molecule is O=C(Cl)C1CC1.O=C(O)O. The average molecular weight is 167 g/mol. The number of carbonyl (C=O) groups is 2. The van der Waals surface area contributed by atoms with Gasteiger partial charge < -0.3 is 10.2 Å². The van der Waals surface area contributed by atoms with E-state index in [1.54, 1.807) is 0 Å². The predicted octanol–water partition coefficient (Wildman–Crippen LogP) is 1.38. The summed E-state index contributed by atoms with van der Waals surface area (Å²) in [6, 6.07) is 0. The quantitative estimate of drug-likeness (QED) is 0.577. The summed E-state index contributed by atoms with van der Waals surface area (Å²) in [6.45, 7) is 0. The Morgan fingerprint density at radius 3 is 1.60 bits per heavy atom. The van der Waals surface area contributed by atoms with Gasteiger partial charge in [0.05, 0.1) is 0 Å². The van der Waals surface area contributed by atoms with E-state index >= 15 is 0 Å². The van der Waals surface area contributed by atoms with E-state index in [1.807, 2.05) is 0 Å².